The lowest BCUT2D eigenvalue weighted by Crippen LogP contribution is -2.12. The summed E-state index contributed by atoms with van der Waals surface area (Å²) in [6.07, 6.45) is 0.968. The summed E-state index contributed by atoms with van der Waals surface area (Å²) in [7, 11) is 1.33. The highest BCUT2D eigenvalue weighted by Crippen LogP contribution is 2.22. The second-order valence-electron chi connectivity index (χ2n) is 5.24. The van der Waals surface area contributed by atoms with Gasteiger partial charge in [0, 0.05) is 18.5 Å². The molecule has 1 N–H and O–H groups in total. The Labute approximate surface area is 140 Å². The number of hydrogen-bond donors (Lipinski definition) is 1. The van der Waals surface area contributed by atoms with Crippen LogP contribution in [-0.2, 0) is 14.3 Å². The molecule has 0 spiro atoms. The average Bonchev–Trinajstić information content (AvgIpc) is 2.62. The quantitative estimate of drug-likeness (QED) is 0.825. The van der Waals surface area contributed by atoms with Crippen LogP contribution in [0.4, 0.5) is 5.69 Å². The number of nitriles is 1. The number of carbonyl (C=O) groups excluding carboxylic acids is 2. The van der Waals surface area contributed by atoms with E-state index in [0.29, 0.717) is 17.7 Å². The van der Waals surface area contributed by atoms with Gasteiger partial charge in [0.15, 0.2) is 0 Å². The molecule has 0 radical (unpaired) electrons. The molecular weight excluding hydrogens is 304 g/mol. The number of carbonyl (C=O) groups is 2. The van der Waals surface area contributed by atoms with Gasteiger partial charge in [0.1, 0.15) is 0 Å². The third-order valence-corrected chi connectivity index (χ3v) is 3.53. The summed E-state index contributed by atoms with van der Waals surface area (Å²) >= 11 is 0. The Balaban J connectivity index is 1.90. The number of nitrogens with zero attached hydrogens (tertiary/aromatic N) is 1. The Kier molecular flexibility index (Phi) is 6.09. The number of methoxy groups -OCH3 is 1. The van der Waals surface area contributed by atoms with Crippen molar-refractivity contribution in [2.75, 3.05) is 12.4 Å². The van der Waals surface area contributed by atoms with Gasteiger partial charge in [-0.15, -0.1) is 0 Å². The van der Waals surface area contributed by atoms with E-state index in [9.17, 15) is 9.59 Å². The van der Waals surface area contributed by atoms with E-state index in [2.05, 4.69) is 16.1 Å². The molecule has 0 aliphatic rings. The van der Waals surface area contributed by atoms with Crippen molar-refractivity contribution in [3.05, 3.63) is 54.1 Å². The van der Waals surface area contributed by atoms with Gasteiger partial charge in [-0.3, -0.25) is 9.59 Å². The summed E-state index contributed by atoms with van der Waals surface area (Å²) in [6.45, 7) is 0. The van der Waals surface area contributed by atoms with Gasteiger partial charge in [0.2, 0.25) is 5.91 Å². The Morgan fingerprint density at radius 3 is 2.12 bits per heavy atom. The fourth-order valence-electron chi connectivity index (χ4n) is 2.20. The third-order valence-electron chi connectivity index (χ3n) is 3.53. The van der Waals surface area contributed by atoms with Gasteiger partial charge in [-0.05, 0) is 41.8 Å². The topological polar surface area (TPSA) is 79.2 Å². The lowest BCUT2D eigenvalue weighted by Gasteiger charge is -2.07. The van der Waals surface area contributed by atoms with E-state index < -0.39 is 0 Å². The van der Waals surface area contributed by atoms with Crippen LogP contribution in [-0.4, -0.2) is 19.0 Å². The summed E-state index contributed by atoms with van der Waals surface area (Å²) < 4.78 is 4.53. The van der Waals surface area contributed by atoms with Crippen molar-refractivity contribution in [2.24, 2.45) is 0 Å². The molecule has 0 atom stereocenters. The van der Waals surface area contributed by atoms with Crippen LogP contribution in [0.25, 0.3) is 11.1 Å². The standard InChI is InChI=1S/C19H18N2O3/c1-24-19(23)4-2-3-18(22)21-17-11-9-16(10-12-17)15-7-5-14(13-20)6-8-15/h5-12H,2-4H2,1H3,(H,21,22). The molecule has 0 aromatic heterocycles. The van der Waals surface area contributed by atoms with Gasteiger partial charge < -0.3 is 10.1 Å². The van der Waals surface area contributed by atoms with Gasteiger partial charge in [-0.2, -0.15) is 5.26 Å². The SMILES string of the molecule is COC(=O)CCCC(=O)Nc1ccc(-c2ccc(C#N)cc2)cc1. The molecule has 0 unspecified atom stereocenters. The highest BCUT2D eigenvalue weighted by atomic mass is 16.5. The van der Waals surface area contributed by atoms with Crippen LogP contribution < -0.4 is 5.32 Å². The first-order chi connectivity index (χ1) is 11.6. The molecular formula is C19H18N2O3. The summed E-state index contributed by atoms with van der Waals surface area (Å²) in [5, 5.41) is 11.6. The first-order valence-electron chi connectivity index (χ1n) is 7.59. The molecule has 5 heteroatoms. The summed E-state index contributed by atoms with van der Waals surface area (Å²) in [5.41, 5.74) is 3.33. The molecule has 0 heterocycles. The minimum Gasteiger partial charge on any atom is -0.469 e. The van der Waals surface area contributed by atoms with Crippen LogP contribution in [0.1, 0.15) is 24.8 Å². The maximum Gasteiger partial charge on any atom is 0.305 e. The van der Waals surface area contributed by atoms with Gasteiger partial charge >= 0.3 is 5.97 Å². The number of nitrogens with one attached hydrogen (secondary N) is 1. The smallest absolute Gasteiger partial charge is 0.305 e. The normalized spacial score (nSPS) is 9.83. The van der Waals surface area contributed by atoms with E-state index in [4.69, 9.17) is 5.26 Å². The third kappa shape index (κ3) is 4.96. The lowest BCUT2D eigenvalue weighted by atomic mass is 10.0. The van der Waals surface area contributed by atoms with Gasteiger partial charge in [0.25, 0.3) is 0 Å². The molecule has 5 nitrogen and oxygen atoms in total. The predicted octanol–water partition coefficient (Wildman–Crippen LogP) is 3.51. The molecule has 0 aliphatic heterocycles. The molecule has 0 bridgehead atoms. The molecule has 0 saturated carbocycles. The van der Waals surface area contributed by atoms with E-state index in [0.717, 1.165) is 11.1 Å². The molecule has 122 valence electrons. The molecule has 0 saturated heterocycles. The van der Waals surface area contributed by atoms with E-state index >= 15 is 0 Å². The fourth-order valence-corrected chi connectivity index (χ4v) is 2.20. The number of esters is 1. The van der Waals surface area contributed by atoms with Crippen molar-refractivity contribution in [1.29, 1.82) is 5.26 Å². The Bertz CT molecular complexity index is 744. The van der Waals surface area contributed by atoms with Gasteiger partial charge in [-0.25, -0.2) is 0 Å². The van der Waals surface area contributed by atoms with Crippen molar-refractivity contribution in [2.45, 2.75) is 19.3 Å². The largest absolute Gasteiger partial charge is 0.469 e. The number of hydrogen-bond acceptors (Lipinski definition) is 4. The van der Waals surface area contributed by atoms with Crippen molar-refractivity contribution in [3.63, 3.8) is 0 Å². The number of ether oxygens (including phenoxy) is 1. The molecule has 2 aromatic carbocycles. The summed E-state index contributed by atoms with van der Waals surface area (Å²) in [4.78, 5) is 22.8. The van der Waals surface area contributed by atoms with E-state index in [1.54, 1.807) is 12.1 Å². The monoisotopic (exact) mass is 322 g/mol. The zero-order chi connectivity index (χ0) is 17.4. The number of rotatable bonds is 6. The van der Waals surface area contributed by atoms with Crippen molar-refractivity contribution < 1.29 is 14.3 Å². The Morgan fingerprint density at radius 1 is 1.00 bits per heavy atom. The number of benzene rings is 2. The minimum absolute atomic E-state index is 0.134. The Morgan fingerprint density at radius 2 is 1.58 bits per heavy atom. The maximum atomic E-state index is 11.8. The Hall–Kier alpha value is -3.13. The predicted molar refractivity (Wildman–Crippen MR) is 91.1 cm³/mol. The van der Waals surface area contributed by atoms with Crippen LogP contribution in [0.2, 0.25) is 0 Å². The molecule has 0 aliphatic carbocycles. The van der Waals surface area contributed by atoms with E-state index in [1.807, 2.05) is 36.4 Å². The van der Waals surface area contributed by atoms with E-state index in [1.165, 1.54) is 7.11 Å². The van der Waals surface area contributed by atoms with Crippen LogP contribution in [0.5, 0.6) is 0 Å². The van der Waals surface area contributed by atoms with Crippen molar-refractivity contribution in [1.82, 2.24) is 0 Å². The minimum atomic E-state index is -0.311. The molecule has 2 aromatic rings. The molecule has 24 heavy (non-hydrogen) atoms. The fraction of sp³-hybridized carbons (Fsp3) is 0.211. The maximum absolute atomic E-state index is 11.8. The first-order valence-corrected chi connectivity index (χ1v) is 7.59. The van der Waals surface area contributed by atoms with Crippen LogP contribution in [0.15, 0.2) is 48.5 Å². The van der Waals surface area contributed by atoms with Crippen LogP contribution >= 0.6 is 0 Å². The zero-order valence-corrected chi connectivity index (χ0v) is 13.4. The van der Waals surface area contributed by atoms with Crippen molar-refractivity contribution >= 4 is 17.6 Å². The van der Waals surface area contributed by atoms with Crippen LogP contribution in [0, 0.1) is 11.3 Å². The molecule has 0 fully saturated rings. The molecule has 2 rings (SSSR count). The second-order valence-corrected chi connectivity index (χ2v) is 5.24. The summed E-state index contributed by atoms with van der Waals surface area (Å²) in [6, 6.07) is 16.9. The first kappa shape index (κ1) is 17.2. The van der Waals surface area contributed by atoms with Crippen molar-refractivity contribution in [3.8, 4) is 17.2 Å². The number of amides is 1. The number of anilines is 1. The van der Waals surface area contributed by atoms with Gasteiger partial charge in [-0.1, -0.05) is 24.3 Å². The zero-order valence-electron chi connectivity index (χ0n) is 13.4. The second kappa shape index (κ2) is 8.49. The molecule has 1 amide bonds. The summed E-state index contributed by atoms with van der Waals surface area (Å²) in [5.74, 6) is -0.445. The highest BCUT2D eigenvalue weighted by Gasteiger charge is 2.06. The highest BCUT2D eigenvalue weighted by molar-refractivity contribution is 5.91. The van der Waals surface area contributed by atoms with Gasteiger partial charge in [0.05, 0.1) is 18.7 Å². The van der Waals surface area contributed by atoms with Crippen LogP contribution in [0.3, 0.4) is 0 Å². The lowest BCUT2D eigenvalue weighted by molar-refractivity contribution is -0.140. The van der Waals surface area contributed by atoms with E-state index in [-0.39, 0.29) is 24.7 Å². The average molecular weight is 322 g/mol.